The van der Waals surface area contributed by atoms with Crippen LogP contribution in [0.15, 0.2) is 35.2 Å². The summed E-state index contributed by atoms with van der Waals surface area (Å²) in [4.78, 5) is 18.2. The maximum Gasteiger partial charge on any atom is 0.223 e. The molecule has 1 aromatic rings. The number of thioether (sulfide) groups is 2. The average molecular weight is 339 g/mol. The quantitative estimate of drug-likeness (QED) is 0.744. The summed E-state index contributed by atoms with van der Waals surface area (Å²) in [6, 6.07) is 10.7. The van der Waals surface area contributed by atoms with Crippen LogP contribution in [0, 0.1) is 0 Å². The molecule has 22 heavy (non-hydrogen) atoms. The summed E-state index contributed by atoms with van der Waals surface area (Å²) in [5, 5.41) is 0. The number of amides is 1. The van der Waals surface area contributed by atoms with Gasteiger partial charge in [-0.05, 0) is 38.4 Å². The molecule has 0 spiro atoms. The number of hydrogen-bond donors (Lipinski definition) is 0. The first-order chi connectivity index (χ1) is 10.7. The van der Waals surface area contributed by atoms with Crippen LogP contribution in [0.25, 0.3) is 0 Å². The zero-order valence-corrected chi connectivity index (χ0v) is 15.2. The third-order valence-corrected chi connectivity index (χ3v) is 5.87. The number of carbonyl (C=O) groups excluding carboxylic acids is 1. The first-order valence-corrected chi connectivity index (χ1v) is 10.0. The fourth-order valence-electron chi connectivity index (χ4n) is 2.65. The van der Waals surface area contributed by atoms with Crippen molar-refractivity contribution in [2.24, 2.45) is 0 Å². The number of likely N-dealkylation sites (N-methyl/N-ethyl adjacent to an activating group) is 1. The predicted molar refractivity (Wildman–Crippen MR) is 97.8 cm³/mol. The van der Waals surface area contributed by atoms with Gasteiger partial charge in [-0.1, -0.05) is 18.2 Å². The van der Waals surface area contributed by atoms with Crippen LogP contribution >= 0.6 is 23.5 Å². The minimum absolute atomic E-state index is 0.317. The lowest BCUT2D eigenvalue weighted by atomic mass is 10.2. The molecule has 0 unspecified atom stereocenters. The molecule has 0 radical (unpaired) electrons. The van der Waals surface area contributed by atoms with Gasteiger partial charge in [0.2, 0.25) is 5.91 Å². The SMILES string of the molecule is CN(C)C[C@H]1CSCCCN1C(=O)CCSc1ccccc1. The van der Waals surface area contributed by atoms with Crippen LogP contribution in [0.3, 0.4) is 0 Å². The standard InChI is InChI=1S/C17H26N2OS2/c1-18(2)13-15-14-21-11-6-10-19(15)17(20)9-12-22-16-7-4-3-5-8-16/h3-5,7-8,15H,6,9-14H2,1-2H3/t15-/m0/s1. The Kier molecular flexibility index (Phi) is 7.63. The van der Waals surface area contributed by atoms with Gasteiger partial charge in [0.15, 0.2) is 0 Å². The molecule has 0 aliphatic carbocycles. The van der Waals surface area contributed by atoms with E-state index >= 15 is 0 Å². The van der Waals surface area contributed by atoms with Crippen molar-refractivity contribution in [3.8, 4) is 0 Å². The smallest absolute Gasteiger partial charge is 0.223 e. The second-order valence-electron chi connectivity index (χ2n) is 5.84. The zero-order valence-electron chi connectivity index (χ0n) is 13.5. The summed E-state index contributed by atoms with van der Waals surface area (Å²) in [6.07, 6.45) is 1.75. The Balaban J connectivity index is 1.85. The molecule has 0 N–H and O–H groups in total. The lowest BCUT2D eigenvalue weighted by molar-refractivity contribution is -0.132. The summed E-state index contributed by atoms with van der Waals surface area (Å²) >= 11 is 3.75. The largest absolute Gasteiger partial charge is 0.338 e. The van der Waals surface area contributed by atoms with Gasteiger partial charge in [0.05, 0.1) is 6.04 Å². The van der Waals surface area contributed by atoms with Crippen molar-refractivity contribution >= 4 is 29.4 Å². The van der Waals surface area contributed by atoms with E-state index in [2.05, 4.69) is 36.0 Å². The molecule has 1 amide bonds. The number of benzene rings is 1. The highest BCUT2D eigenvalue weighted by atomic mass is 32.2. The third-order valence-electron chi connectivity index (χ3n) is 3.66. The van der Waals surface area contributed by atoms with E-state index in [0.717, 1.165) is 31.0 Å². The second-order valence-corrected chi connectivity index (χ2v) is 8.16. The Morgan fingerprint density at radius 1 is 1.36 bits per heavy atom. The molecule has 5 heteroatoms. The van der Waals surface area contributed by atoms with Crippen molar-refractivity contribution in [1.82, 2.24) is 9.80 Å². The van der Waals surface area contributed by atoms with Crippen LogP contribution in [0.1, 0.15) is 12.8 Å². The first-order valence-electron chi connectivity index (χ1n) is 7.86. The van der Waals surface area contributed by atoms with Gasteiger partial charge in [-0.3, -0.25) is 4.79 Å². The first kappa shape index (κ1) is 17.7. The molecule has 1 atom stereocenters. The second kappa shape index (κ2) is 9.48. The maximum absolute atomic E-state index is 12.6. The molecule has 1 saturated heterocycles. The molecular formula is C17H26N2OS2. The van der Waals surface area contributed by atoms with E-state index in [-0.39, 0.29) is 0 Å². The number of carbonyl (C=O) groups is 1. The van der Waals surface area contributed by atoms with Crippen LogP contribution in [-0.2, 0) is 4.79 Å². The number of rotatable bonds is 6. The molecule has 0 bridgehead atoms. The van der Waals surface area contributed by atoms with Crippen LogP contribution in [0.2, 0.25) is 0 Å². The normalized spacial score (nSPS) is 19.2. The molecule has 1 heterocycles. The van der Waals surface area contributed by atoms with Gasteiger partial charge in [0.25, 0.3) is 0 Å². The summed E-state index contributed by atoms with van der Waals surface area (Å²) in [6.45, 7) is 1.88. The molecule has 1 fully saturated rings. The summed E-state index contributed by atoms with van der Waals surface area (Å²) in [5.41, 5.74) is 0. The topological polar surface area (TPSA) is 23.6 Å². The van der Waals surface area contributed by atoms with Gasteiger partial charge in [0, 0.05) is 35.9 Å². The molecule has 0 saturated carbocycles. The zero-order chi connectivity index (χ0) is 15.8. The summed E-state index contributed by atoms with van der Waals surface area (Å²) < 4.78 is 0. The minimum atomic E-state index is 0.317. The Hall–Kier alpha value is -0.650. The lowest BCUT2D eigenvalue weighted by Gasteiger charge is -2.31. The van der Waals surface area contributed by atoms with E-state index in [1.807, 2.05) is 30.0 Å². The predicted octanol–water partition coefficient (Wildman–Crippen LogP) is 3.06. The van der Waals surface area contributed by atoms with Crippen molar-refractivity contribution in [3.05, 3.63) is 30.3 Å². The average Bonchev–Trinajstić information content (AvgIpc) is 2.73. The van der Waals surface area contributed by atoms with Gasteiger partial charge in [-0.25, -0.2) is 0 Å². The van der Waals surface area contributed by atoms with Crippen molar-refractivity contribution in [2.75, 3.05) is 44.4 Å². The monoisotopic (exact) mass is 338 g/mol. The molecule has 3 nitrogen and oxygen atoms in total. The van der Waals surface area contributed by atoms with Crippen LogP contribution in [0.4, 0.5) is 0 Å². The van der Waals surface area contributed by atoms with Gasteiger partial charge < -0.3 is 9.80 Å². The molecule has 0 aromatic heterocycles. The van der Waals surface area contributed by atoms with E-state index < -0.39 is 0 Å². The fourth-order valence-corrected chi connectivity index (χ4v) is 4.57. The van der Waals surface area contributed by atoms with Crippen molar-refractivity contribution in [2.45, 2.75) is 23.8 Å². The Labute approximate surface area is 142 Å². The number of nitrogens with zero attached hydrogens (tertiary/aromatic N) is 2. The van der Waals surface area contributed by atoms with Crippen molar-refractivity contribution in [1.29, 1.82) is 0 Å². The highest BCUT2D eigenvalue weighted by Gasteiger charge is 2.25. The Morgan fingerprint density at radius 3 is 2.86 bits per heavy atom. The van der Waals surface area contributed by atoms with Crippen molar-refractivity contribution < 1.29 is 4.79 Å². The minimum Gasteiger partial charge on any atom is -0.338 e. The van der Waals surface area contributed by atoms with Gasteiger partial charge in [-0.2, -0.15) is 11.8 Å². The highest BCUT2D eigenvalue weighted by molar-refractivity contribution is 7.99. The third kappa shape index (κ3) is 5.86. The van der Waals surface area contributed by atoms with Gasteiger partial charge in [0.1, 0.15) is 0 Å². The van der Waals surface area contributed by atoms with Gasteiger partial charge in [-0.15, -0.1) is 11.8 Å². The van der Waals surface area contributed by atoms with Gasteiger partial charge >= 0.3 is 0 Å². The van der Waals surface area contributed by atoms with E-state index in [0.29, 0.717) is 18.4 Å². The van der Waals surface area contributed by atoms with E-state index in [1.165, 1.54) is 10.6 Å². The van der Waals surface area contributed by atoms with E-state index in [1.54, 1.807) is 11.8 Å². The van der Waals surface area contributed by atoms with Crippen molar-refractivity contribution in [3.63, 3.8) is 0 Å². The number of hydrogen-bond acceptors (Lipinski definition) is 4. The Morgan fingerprint density at radius 2 is 2.14 bits per heavy atom. The fraction of sp³-hybridized carbons (Fsp3) is 0.588. The van der Waals surface area contributed by atoms with Crippen LogP contribution < -0.4 is 0 Å². The summed E-state index contributed by atoms with van der Waals surface area (Å²) in [7, 11) is 4.17. The van der Waals surface area contributed by atoms with Crippen LogP contribution in [-0.4, -0.2) is 66.2 Å². The summed E-state index contributed by atoms with van der Waals surface area (Å²) in [5.74, 6) is 3.42. The van der Waals surface area contributed by atoms with E-state index in [9.17, 15) is 4.79 Å². The van der Waals surface area contributed by atoms with Crippen LogP contribution in [0.5, 0.6) is 0 Å². The molecule has 1 aliphatic rings. The molecule has 1 aromatic carbocycles. The molecule has 122 valence electrons. The lowest BCUT2D eigenvalue weighted by Crippen LogP contribution is -2.46. The maximum atomic E-state index is 12.6. The van der Waals surface area contributed by atoms with E-state index in [4.69, 9.17) is 0 Å². The Bertz CT molecular complexity index is 453. The molecule has 2 rings (SSSR count). The molecular weight excluding hydrogens is 312 g/mol. The molecule has 1 aliphatic heterocycles. The highest BCUT2D eigenvalue weighted by Crippen LogP contribution is 2.21.